The molecule has 3 nitrogen and oxygen atoms in total. The molecule has 1 aliphatic rings. The van der Waals surface area contributed by atoms with E-state index >= 15 is 0 Å². The number of hydrogen-bond acceptors (Lipinski definition) is 2. The maximum absolute atomic E-state index is 12.7. The summed E-state index contributed by atoms with van der Waals surface area (Å²) in [6, 6.07) is 0. The van der Waals surface area contributed by atoms with Crippen LogP contribution < -0.4 is 0 Å². The zero-order chi connectivity index (χ0) is 16.1. The van der Waals surface area contributed by atoms with E-state index in [1.54, 1.807) is 0 Å². The molecule has 0 radical (unpaired) electrons. The van der Waals surface area contributed by atoms with Crippen molar-refractivity contribution in [1.29, 1.82) is 0 Å². The van der Waals surface area contributed by atoms with Crippen LogP contribution in [0.15, 0.2) is 0 Å². The number of unbranched alkanes of at least 4 members (excludes halogenated alkanes) is 2. The molecule has 1 atom stereocenters. The van der Waals surface area contributed by atoms with E-state index in [-0.39, 0.29) is 24.9 Å². The molecule has 21 heavy (non-hydrogen) atoms. The largest absolute Gasteiger partial charge is 0.417 e. The lowest BCUT2D eigenvalue weighted by molar-refractivity contribution is -0.272. The average molecular weight is 309 g/mol. The molecule has 1 aliphatic heterocycles. The van der Waals surface area contributed by atoms with Gasteiger partial charge in [0.2, 0.25) is 5.91 Å². The highest BCUT2D eigenvalue weighted by Gasteiger charge is 2.54. The van der Waals surface area contributed by atoms with Crippen LogP contribution in [0, 0.1) is 5.92 Å². The fourth-order valence-electron chi connectivity index (χ4n) is 2.68. The van der Waals surface area contributed by atoms with Crippen LogP contribution in [0.5, 0.6) is 0 Å². The molecule has 0 saturated carbocycles. The summed E-state index contributed by atoms with van der Waals surface area (Å²) >= 11 is 0. The van der Waals surface area contributed by atoms with Crippen LogP contribution in [0.2, 0.25) is 0 Å². The zero-order valence-corrected chi connectivity index (χ0v) is 12.9. The molecule has 1 heterocycles. The highest BCUT2D eigenvalue weighted by atomic mass is 19.4. The zero-order valence-electron chi connectivity index (χ0n) is 12.9. The number of nitrogens with zero attached hydrogens (tertiary/aromatic N) is 1. The topological polar surface area (TPSA) is 40.5 Å². The van der Waals surface area contributed by atoms with Gasteiger partial charge >= 0.3 is 6.18 Å². The van der Waals surface area contributed by atoms with Gasteiger partial charge in [-0.25, -0.2) is 0 Å². The molecule has 1 unspecified atom stereocenters. The quantitative estimate of drug-likeness (QED) is 0.763. The summed E-state index contributed by atoms with van der Waals surface area (Å²) in [6.45, 7) is 4.09. The molecular weight excluding hydrogens is 283 g/mol. The van der Waals surface area contributed by atoms with Gasteiger partial charge in [0.25, 0.3) is 0 Å². The minimum absolute atomic E-state index is 0.0173. The van der Waals surface area contributed by atoms with E-state index in [1.165, 1.54) is 4.90 Å². The maximum Gasteiger partial charge on any atom is 0.417 e. The third-order valence-electron chi connectivity index (χ3n) is 4.29. The molecule has 6 heteroatoms. The van der Waals surface area contributed by atoms with Crippen LogP contribution in [0.4, 0.5) is 13.2 Å². The summed E-state index contributed by atoms with van der Waals surface area (Å²) in [5.74, 6) is 0.163. The summed E-state index contributed by atoms with van der Waals surface area (Å²) in [6.07, 6.45) is -0.759. The highest BCUT2D eigenvalue weighted by Crippen LogP contribution is 2.38. The molecule has 0 aliphatic carbocycles. The van der Waals surface area contributed by atoms with Crippen LogP contribution in [-0.4, -0.2) is 40.8 Å². The maximum atomic E-state index is 12.7. The van der Waals surface area contributed by atoms with Gasteiger partial charge in [0.1, 0.15) is 0 Å². The Bertz CT molecular complexity index is 336. The number of halogens is 3. The van der Waals surface area contributed by atoms with Gasteiger partial charge in [-0.2, -0.15) is 13.2 Å². The first-order chi connectivity index (χ1) is 9.69. The van der Waals surface area contributed by atoms with E-state index in [4.69, 9.17) is 0 Å². The van der Waals surface area contributed by atoms with E-state index < -0.39 is 24.6 Å². The van der Waals surface area contributed by atoms with Crippen molar-refractivity contribution < 1.29 is 23.1 Å². The van der Waals surface area contributed by atoms with Gasteiger partial charge in [-0.3, -0.25) is 4.79 Å². The van der Waals surface area contributed by atoms with Crippen LogP contribution in [0.25, 0.3) is 0 Å². The first-order valence-corrected chi connectivity index (χ1v) is 7.76. The Hall–Kier alpha value is -0.780. The number of amides is 1. The Balaban J connectivity index is 2.38. The molecule has 0 bridgehead atoms. The Morgan fingerprint density at radius 1 is 1.29 bits per heavy atom. The van der Waals surface area contributed by atoms with Crippen molar-refractivity contribution in [3.05, 3.63) is 0 Å². The number of aliphatic hydroxyl groups is 1. The van der Waals surface area contributed by atoms with E-state index in [1.807, 2.05) is 6.92 Å². The van der Waals surface area contributed by atoms with Gasteiger partial charge in [0, 0.05) is 32.4 Å². The molecule has 0 aromatic rings. The Kier molecular flexibility index (Phi) is 6.50. The number of hydrogen-bond donors (Lipinski definition) is 1. The smallest absolute Gasteiger partial charge is 0.380 e. The van der Waals surface area contributed by atoms with Crippen molar-refractivity contribution in [1.82, 2.24) is 4.90 Å². The molecule has 1 rings (SSSR count). The second kappa shape index (κ2) is 7.47. The van der Waals surface area contributed by atoms with Crippen LogP contribution >= 0.6 is 0 Å². The molecule has 1 amide bonds. The molecule has 124 valence electrons. The number of piperidine rings is 1. The van der Waals surface area contributed by atoms with Crippen molar-refractivity contribution in [3.63, 3.8) is 0 Å². The van der Waals surface area contributed by atoms with Crippen molar-refractivity contribution in [2.75, 3.05) is 13.1 Å². The SMILES string of the molecule is CCCCCC(C)CC(=O)N1CCC(O)(C(F)(F)F)CC1. The summed E-state index contributed by atoms with van der Waals surface area (Å²) in [7, 11) is 0. The monoisotopic (exact) mass is 309 g/mol. The van der Waals surface area contributed by atoms with E-state index in [9.17, 15) is 23.1 Å². The number of carbonyl (C=O) groups excluding carboxylic acids is 1. The first kappa shape index (κ1) is 18.3. The lowest BCUT2D eigenvalue weighted by Gasteiger charge is -2.39. The predicted octanol–water partition coefficient (Wildman–Crippen LogP) is 3.51. The Morgan fingerprint density at radius 2 is 1.86 bits per heavy atom. The number of likely N-dealkylation sites (tertiary alicyclic amines) is 1. The van der Waals surface area contributed by atoms with Gasteiger partial charge in [-0.1, -0.05) is 39.5 Å². The number of alkyl halides is 3. The van der Waals surface area contributed by atoms with Gasteiger partial charge in [0.05, 0.1) is 0 Å². The molecule has 0 spiro atoms. The summed E-state index contributed by atoms with van der Waals surface area (Å²) in [5.41, 5.74) is -2.63. The lowest BCUT2D eigenvalue weighted by atomic mass is 9.90. The van der Waals surface area contributed by atoms with E-state index in [0.717, 1.165) is 25.7 Å². The number of carbonyl (C=O) groups is 1. The van der Waals surface area contributed by atoms with Crippen molar-refractivity contribution >= 4 is 5.91 Å². The fourth-order valence-corrected chi connectivity index (χ4v) is 2.68. The average Bonchev–Trinajstić information content (AvgIpc) is 2.38. The molecule has 1 saturated heterocycles. The Labute approximate surface area is 124 Å². The molecule has 0 aromatic carbocycles. The fraction of sp³-hybridized carbons (Fsp3) is 0.933. The molecule has 1 fully saturated rings. The minimum Gasteiger partial charge on any atom is -0.380 e. The Morgan fingerprint density at radius 3 is 2.33 bits per heavy atom. The van der Waals surface area contributed by atoms with Gasteiger partial charge < -0.3 is 10.0 Å². The van der Waals surface area contributed by atoms with Crippen molar-refractivity contribution in [2.24, 2.45) is 5.92 Å². The van der Waals surface area contributed by atoms with Crippen molar-refractivity contribution in [3.8, 4) is 0 Å². The third kappa shape index (κ3) is 5.16. The van der Waals surface area contributed by atoms with Crippen molar-refractivity contribution in [2.45, 2.75) is 70.6 Å². The first-order valence-electron chi connectivity index (χ1n) is 7.76. The summed E-state index contributed by atoms with van der Waals surface area (Å²) in [4.78, 5) is 13.5. The lowest BCUT2D eigenvalue weighted by Crippen LogP contribution is -2.54. The highest BCUT2D eigenvalue weighted by molar-refractivity contribution is 5.76. The normalized spacial score (nSPS) is 20.4. The second-order valence-electron chi connectivity index (χ2n) is 6.22. The summed E-state index contributed by atoms with van der Waals surface area (Å²) in [5, 5.41) is 9.57. The molecule has 0 aromatic heterocycles. The number of rotatable bonds is 6. The van der Waals surface area contributed by atoms with Crippen LogP contribution in [-0.2, 0) is 4.79 Å². The van der Waals surface area contributed by atoms with Gasteiger partial charge in [-0.15, -0.1) is 0 Å². The predicted molar refractivity (Wildman–Crippen MR) is 74.7 cm³/mol. The van der Waals surface area contributed by atoms with E-state index in [0.29, 0.717) is 6.42 Å². The molecular formula is C15H26F3NO2. The second-order valence-corrected chi connectivity index (χ2v) is 6.22. The van der Waals surface area contributed by atoms with Crippen LogP contribution in [0.1, 0.15) is 58.8 Å². The standard InChI is InChI=1S/C15H26F3NO2/c1-3-4-5-6-12(2)11-13(20)19-9-7-14(21,8-10-19)15(16,17)18/h12,21H,3-11H2,1-2H3. The minimum atomic E-state index is -4.62. The summed E-state index contributed by atoms with van der Waals surface area (Å²) < 4.78 is 38.1. The third-order valence-corrected chi connectivity index (χ3v) is 4.29. The van der Waals surface area contributed by atoms with Gasteiger partial charge in [-0.05, 0) is 5.92 Å². The molecule has 1 N–H and O–H groups in total. The van der Waals surface area contributed by atoms with Crippen LogP contribution in [0.3, 0.4) is 0 Å². The van der Waals surface area contributed by atoms with Gasteiger partial charge in [0.15, 0.2) is 5.60 Å². The van der Waals surface area contributed by atoms with E-state index in [2.05, 4.69) is 6.92 Å².